The Morgan fingerprint density at radius 1 is 1.09 bits per heavy atom. The molecule has 0 aliphatic carbocycles. The van der Waals surface area contributed by atoms with Crippen molar-refractivity contribution in [2.24, 2.45) is 0 Å². The summed E-state index contributed by atoms with van der Waals surface area (Å²) in [6.07, 6.45) is 0. The van der Waals surface area contributed by atoms with Crippen molar-refractivity contribution in [1.29, 1.82) is 0 Å². The maximum atomic E-state index is 12.3. The van der Waals surface area contributed by atoms with Gasteiger partial charge in [0.25, 0.3) is 5.91 Å². The molecule has 23 heavy (non-hydrogen) atoms. The minimum Gasteiger partial charge on any atom is -0.421 e. The van der Waals surface area contributed by atoms with E-state index in [0.717, 1.165) is 0 Å². The molecule has 1 aromatic heterocycles. The summed E-state index contributed by atoms with van der Waals surface area (Å²) >= 11 is 5.89. The number of benzene rings is 2. The first-order chi connectivity index (χ1) is 11.1. The summed E-state index contributed by atoms with van der Waals surface area (Å²) in [5.41, 5.74) is 0.751. The van der Waals surface area contributed by atoms with E-state index in [1.807, 2.05) is 6.07 Å². The number of halogens is 1. The summed E-state index contributed by atoms with van der Waals surface area (Å²) in [7, 11) is 1.68. The van der Waals surface area contributed by atoms with Crippen LogP contribution in [0.5, 0.6) is 0 Å². The molecule has 3 aromatic rings. The maximum absolute atomic E-state index is 12.3. The van der Waals surface area contributed by atoms with Gasteiger partial charge in [-0.05, 0) is 30.3 Å². The number of anilines is 2. The number of hydrogen-bond donors (Lipinski definition) is 2. The molecule has 1 heterocycles. The first-order valence-electron chi connectivity index (χ1n) is 6.90. The van der Waals surface area contributed by atoms with Gasteiger partial charge in [0.1, 0.15) is 5.58 Å². The normalized spacial score (nSPS) is 10.5. The van der Waals surface area contributed by atoms with Crippen LogP contribution in [-0.2, 0) is 0 Å². The molecule has 0 aliphatic heterocycles. The quantitative estimate of drug-likeness (QED) is 0.718. The number of carbonyl (C=O) groups excluding carboxylic acids is 1. The summed E-state index contributed by atoms with van der Waals surface area (Å²) < 4.78 is 5.26. The second kappa shape index (κ2) is 6.14. The van der Waals surface area contributed by atoms with Gasteiger partial charge in [0, 0.05) is 23.0 Å². The van der Waals surface area contributed by atoms with Gasteiger partial charge in [0.15, 0.2) is 5.69 Å². The van der Waals surface area contributed by atoms with Crippen LogP contribution in [0.2, 0.25) is 5.02 Å². The Bertz CT molecular complexity index is 950. The second-order valence-corrected chi connectivity index (χ2v) is 5.29. The van der Waals surface area contributed by atoms with Crippen LogP contribution >= 0.6 is 11.6 Å². The number of fused-ring (bicyclic) bond motifs is 1. The fourth-order valence-electron chi connectivity index (χ4n) is 2.34. The molecule has 0 saturated carbocycles. The van der Waals surface area contributed by atoms with Crippen LogP contribution in [0.1, 0.15) is 10.4 Å². The van der Waals surface area contributed by atoms with Crippen molar-refractivity contribution in [1.82, 2.24) is 0 Å². The van der Waals surface area contributed by atoms with Crippen LogP contribution in [0.25, 0.3) is 11.0 Å². The van der Waals surface area contributed by atoms with E-state index < -0.39 is 11.5 Å². The van der Waals surface area contributed by atoms with Crippen molar-refractivity contribution in [3.8, 4) is 0 Å². The fraction of sp³-hybridized carbons (Fsp3) is 0.0588. The van der Waals surface area contributed by atoms with Crippen LogP contribution in [0, 0.1) is 0 Å². The van der Waals surface area contributed by atoms with Crippen molar-refractivity contribution in [2.75, 3.05) is 17.7 Å². The molecule has 0 radical (unpaired) electrons. The summed E-state index contributed by atoms with van der Waals surface area (Å²) in [6, 6.07) is 13.6. The summed E-state index contributed by atoms with van der Waals surface area (Å²) in [5.74, 6) is -0.438. The monoisotopic (exact) mass is 328 g/mol. The molecule has 116 valence electrons. The number of amides is 1. The number of nitrogens with one attached hydrogen (secondary N) is 2. The third-order valence-electron chi connectivity index (χ3n) is 3.39. The smallest absolute Gasteiger partial charge is 0.362 e. The average Bonchev–Trinajstić information content (AvgIpc) is 2.55. The van der Waals surface area contributed by atoms with Gasteiger partial charge in [-0.25, -0.2) is 4.79 Å². The first kappa shape index (κ1) is 15.1. The molecule has 0 atom stereocenters. The van der Waals surface area contributed by atoms with E-state index in [1.165, 1.54) is 6.07 Å². The van der Waals surface area contributed by atoms with E-state index in [0.29, 0.717) is 27.2 Å². The summed E-state index contributed by atoms with van der Waals surface area (Å²) in [4.78, 5) is 24.5. The summed E-state index contributed by atoms with van der Waals surface area (Å²) in [6.45, 7) is 0. The zero-order chi connectivity index (χ0) is 16.4. The second-order valence-electron chi connectivity index (χ2n) is 4.85. The minimum absolute atomic E-state index is 0.0659. The predicted molar refractivity (Wildman–Crippen MR) is 91.4 cm³/mol. The minimum atomic E-state index is -0.622. The van der Waals surface area contributed by atoms with Gasteiger partial charge < -0.3 is 15.1 Å². The maximum Gasteiger partial charge on any atom is 0.362 e. The lowest BCUT2D eigenvalue weighted by atomic mass is 10.1. The highest BCUT2D eigenvalue weighted by Gasteiger charge is 2.17. The Morgan fingerprint density at radius 2 is 1.87 bits per heavy atom. The molecule has 0 spiro atoms. The van der Waals surface area contributed by atoms with Crippen LogP contribution < -0.4 is 16.3 Å². The average molecular weight is 329 g/mol. The van der Waals surface area contributed by atoms with E-state index in [2.05, 4.69) is 10.6 Å². The molecule has 0 fully saturated rings. The van der Waals surface area contributed by atoms with Crippen LogP contribution in [0.4, 0.5) is 11.4 Å². The Balaban J connectivity index is 2.08. The topological polar surface area (TPSA) is 71.3 Å². The van der Waals surface area contributed by atoms with Crippen LogP contribution in [-0.4, -0.2) is 13.0 Å². The van der Waals surface area contributed by atoms with Gasteiger partial charge in [-0.2, -0.15) is 0 Å². The fourth-order valence-corrected chi connectivity index (χ4v) is 2.53. The molecular weight excluding hydrogens is 316 g/mol. The lowest BCUT2D eigenvalue weighted by Crippen LogP contribution is -2.19. The van der Waals surface area contributed by atoms with E-state index in [9.17, 15) is 9.59 Å². The highest BCUT2D eigenvalue weighted by Crippen LogP contribution is 2.28. The Kier molecular flexibility index (Phi) is 4.04. The third kappa shape index (κ3) is 2.91. The zero-order valence-corrected chi connectivity index (χ0v) is 13.0. The molecule has 2 aromatic carbocycles. The van der Waals surface area contributed by atoms with Crippen molar-refractivity contribution in [3.63, 3.8) is 0 Å². The Hall–Kier alpha value is -2.79. The molecule has 0 unspecified atom stereocenters. The van der Waals surface area contributed by atoms with Crippen LogP contribution in [0.3, 0.4) is 0 Å². The van der Waals surface area contributed by atoms with E-state index >= 15 is 0 Å². The molecule has 5 nitrogen and oxygen atoms in total. The lowest BCUT2D eigenvalue weighted by molar-refractivity contribution is 0.102. The molecule has 0 aliphatic rings. The highest BCUT2D eigenvalue weighted by atomic mass is 35.5. The van der Waals surface area contributed by atoms with Gasteiger partial charge in [-0.3, -0.25) is 4.79 Å². The Labute approximate surface area is 136 Å². The molecule has 3 rings (SSSR count). The number of carbonyl (C=O) groups is 1. The first-order valence-corrected chi connectivity index (χ1v) is 7.28. The number of para-hydroxylation sites is 1. The molecular formula is C17H13ClN2O3. The molecule has 1 amide bonds. The number of rotatable bonds is 3. The van der Waals surface area contributed by atoms with Crippen molar-refractivity contribution in [2.45, 2.75) is 0 Å². The predicted octanol–water partition coefficient (Wildman–Crippen LogP) is 3.74. The van der Waals surface area contributed by atoms with Crippen molar-refractivity contribution in [3.05, 3.63) is 69.5 Å². The van der Waals surface area contributed by atoms with E-state index in [4.69, 9.17) is 16.0 Å². The van der Waals surface area contributed by atoms with Crippen LogP contribution in [0.15, 0.2) is 57.7 Å². The SMILES string of the molecule is CNc1c(NC(=O)c2cccc(Cl)c2)c(=O)oc2ccccc12. The molecule has 6 heteroatoms. The standard InChI is InChI=1S/C17H13ClN2O3/c1-19-14-12-7-2-3-8-13(12)23-17(22)15(14)20-16(21)10-5-4-6-11(18)9-10/h2-9,19H,1H3,(H,20,21). The largest absolute Gasteiger partial charge is 0.421 e. The zero-order valence-electron chi connectivity index (χ0n) is 12.2. The van der Waals surface area contributed by atoms with Crippen molar-refractivity contribution < 1.29 is 9.21 Å². The van der Waals surface area contributed by atoms with Gasteiger partial charge >= 0.3 is 5.63 Å². The Morgan fingerprint density at radius 3 is 2.61 bits per heavy atom. The molecule has 0 saturated heterocycles. The van der Waals surface area contributed by atoms with Gasteiger partial charge in [-0.1, -0.05) is 29.8 Å². The summed E-state index contributed by atoms with van der Waals surface area (Å²) in [5, 5.41) is 6.69. The van der Waals surface area contributed by atoms with E-state index in [1.54, 1.807) is 43.4 Å². The number of hydrogen-bond acceptors (Lipinski definition) is 4. The van der Waals surface area contributed by atoms with E-state index in [-0.39, 0.29) is 5.69 Å². The lowest BCUT2D eigenvalue weighted by Gasteiger charge is -2.12. The third-order valence-corrected chi connectivity index (χ3v) is 3.62. The van der Waals surface area contributed by atoms with Gasteiger partial charge in [0.2, 0.25) is 0 Å². The van der Waals surface area contributed by atoms with Gasteiger partial charge in [0.05, 0.1) is 5.69 Å². The highest BCUT2D eigenvalue weighted by molar-refractivity contribution is 6.31. The van der Waals surface area contributed by atoms with Gasteiger partial charge in [-0.15, -0.1) is 0 Å². The molecule has 0 bridgehead atoms. The molecule has 2 N–H and O–H groups in total. The van der Waals surface area contributed by atoms with Crippen molar-refractivity contribution >= 4 is 39.9 Å².